The highest BCUT2D eigenvalue weighted by Crippen LogP contribution is 2.29. The lowest BCUT2D eigenvalue weighted by molar-refractivity contribution is -0.883. The highest BCUT2D eigenvalue weighted by atomic mass is 32.2. The number of nitrogens with zero attached hydrogens (tertiary/aromatic N) is 2. The molecule has 1 heterocycles. The molecule has 0 radical (unpaired) electrons. The van der Waals surface area contributed by atoms with Crippen molar-refractivity contribution in [3.05, 3.63) is 64.0 Å². The molecule has 28 heavy (non-hydrogen) atoms. The number of hydrogen-bond acceptors (Lipinski definition) is 5. The maximum absolute atomic E-state index is 13.7. The Balaban J connectivity index is 1.85. The van der Waals surface area contributed by atoms with Crippen molar-refractivity contribution in [3.8, 4) is 0 Å². The largest absolute Gasteiger partial charge is 0.375 e. The number of nitro benzene ring substituents is 1. The number of quaternary nitrogens is 1. The first kappa shape index (κ1) is 20.2. The van der Waals surface area contributed by atoms with Gasteiger partial charge in [0.25, 0.3) is 5.69 Å². The maximum atomic E-state index is 13.7. The van der Waals surface area contributed by atoms with Crippen LogP contribution in [0.5, 0.6) is 0 Å². The molecule has 2 aromatic rings. The van der Waals surface area contributed by atoms with Crippen molar-refractivity contribution in [2.75, 3.05) is 38.5 Å². The van der Waals surface area contributed by atoms with Gasteiger partial charge in [-0.05, 0) is 18.2 Å². The van der Waals surface area contributed by atoms with E-state index in [9.17, 15) is 22.9 Å². The second kappa shape index (κ2) is 8.21. The van der Waals surface area contributed by atoms with E-state index in [1.807, 2.05) is 7.05 Å². The number of hydrogen-bond donors (Lipinski definition) is 2. The summed E-state index contributed by atoms with van der Waals surface area (Å²) in [6.07, 6.45) is 0. The van der Waals surface area contributed by atoms with E-state index in [0.29, 0.717) is 31.7 Å². The van der Waals surface area contributed by atoms with E-state index >= 15 is 0 Å². The van der Waals surface area contributed by atoms with Crippen molar-refractivity contribution >= 4 is 21.4 Å². The fraction of sp³-hybridized carbons (Fsp3) is 0.333. The van der Waals surface area contributed by atoms with Crippen molar-refractivity contribution < 1.29 is 22.6 Å². The summed E-state index contributed by atoms with van der Waals surface area (Å²) < 4.78 is 40.8. The number of piperazine rings is 1. The van der Waals surface area contributed by atoms with E-state index in [-0.39, 0.29) is 22.8 Å². The summed E-state index contributed by atoms with van der Waals surface area (Å²) in [4.78, 5) is 12.0. The van der Waals surface area contributed by atoms with E-state index in [4.69, 9.17) is 0 Å². The molecule has 3 rings (SSSR count). The van der Waals surface area contributed by atoms with E-state index in [0.717, 1.165) is 6.07 Å². The van der Waals surface area contributed by atoms with Gasteiger partial charge in [-0.1, -0.05) is 18.2 Å². The molecular formula is C18H22FN4O4S+. The molecule has 1 aliphatic rings. The van der Waals surface area contributed by atoms with Crippen LogP contribution in [0.2, 0.25) is 0 Å². The summed E-state index contributed by atoms with van der Waals surface area (Å²) in [6, 6.07) is 9.86. The van der Waals surface area contributed by atoms with Gasteiger partial charge in [-0.2, -0.15) is 4.31 Å². The van der Waals surface area contributed by atoms with Crippen LogP contribution in [0.1, 0.15) is 5.56 Å². The Morgan fingerprint density at radius 2 is 1.89 bits per heavy atom. The van der Waals surface area contributed by atoms with Gasteiger partial charge in [0.2, 0.25) is 10.0 Å². The molecule has 2 aromatic carbocycles. The minimum Gasteiger partial charge on any atom is -0.375 e. The van der Waals surface area contributed by atoms with Gasteiger partial charge in [0.05, 0.1) is 43.0 Å². The lowest BCUT2D eigenvalue weighted by Crippen LogP contribution is -3.12. The van der Waals surface area contributed by atoms with E-state index < -0.39 is 20.8 Å². The predicted molar refractivity (Wildman–Crippen MR) is 102 cm³/mol. The van der Waals surface area contributed by atoms with Gasteiger partial charge in [-0.15, -0.1) is 0 Å². The van der Waals surface area contributed by atoms with Crippen LogP contribution in [-0.2, 0) is 16.6 Å². The molecule has 1 fully saturated rings. The second-order valence-electron chi connectivity index (χ2n) is 6.74. The zero-order valence-electron chi connectivity index (χ0n) is 15.4. The first-order valence-electron chi connectivity index (χ1n) is 8.86. The first-order valence-corrected chi connectivity index (χ1v) is 10.3. The van der Waals surface area contributed by atoms with Crippen molar-refractivity contribution in [1.82, 2.24) is 4.31 Å². The minimum absolute atomic E-state index is 0.0425. The van der Waals surface area contributed by atoms with Crippen molar-refractivity contribution in [3.63, 3.8) is 0 Å². The Bertz CT molecular complexity index is 975. The quantitative estimate of drug-likeness (QED) is 0.545. The average molecular weight is 409 g/mol. The molecule has 0 spiro atoms. The summed E-state index contributed by atoms with van der Waals surface area (Å²) in [5, 5.41) is 14.3. The highest BCUT2D eigenvalue weighted by molar-refractivity contribution is 7.89. The fourth-order valence-electron chi connectivity index (χ4n) is 3.06. The topological polar surface area (TPSA) is 97.0 Å². The Morgan fingerprint density at radius 1 is 1.21 bits per heavy atom. The molecule has 10 heteroatoms. The molecule has 0 atom stereocenters. The molecule has 0 aromatic heterocycles. The summed E-state index contributed by atoms with van der Waals surface area (Å²) in [6.45, 7) is 2.15. The second-order valence-corrected chi connectivity index (χ2v) is 8.68. The SMILES string of the molecule is C[NH+]1CCN(S(=O)(=O)c2ccc(NCc3ccccc3F)c([N+](=O)[O-])c2)CC1. The summed E-state index contributed by atoms with van der Waals surface area (Å²) >= 11 is 0. The Morgan fingerprint density at radius 3 is 2.54 bits per heavy atom. The van der Waals surface area contributed by atoms with Crippen LogP contribution in [0.4, 0.5) is 15.8 Å². The van der Waals surface area contributed by atoms with Gasteiger partial charge >= 0.3 is 0 Å². The van der Waals surface area contributed by atoms with E-state index in [2.05, 4.69) is 5.32 Å². The summed E-state index contributed by atoms with van der Waals surface area (Å²) in [7, 11) is -1.81. The Hall–Kier alpha value is -2.56. The lowest BCUT2D eigenvalue weighted by atomic mass is 10.2. The zero-order valence-corrected chi connectivity index (χ0v) is 16.2. The smallest absolute Gasteiger partial charge is 0.293 e. The third-order valence-corrected chi connectivity index (χ3v) is 6.70. The van der Waals surface area contributed by atoms with Crippen LogP contribution >= 0.6 is 0 Å². The van der Waals surface area contributed by atoms with E-state index in [1.165, 1.54) is 27.4 Å². The number of sulfonamides is 1. The number of benzene rings is 2. The number of likely N-dealkylation sites (N-methyl/N-ethyl adjacent to an activating group) is 1. The first-order chi connectivity index (χ1) is 13.3. The number of rotatable bonds is 6. The Kier molecular flexibility index (Phi) is 5.92. The van der Waals surface area contributed by atoms with Gasteiger partial charge in [0, 0.05) is 18.2 Å². The molecule has 1 saturated heterocycles. The molecule has 0 amide bonds. The van der Waals surface area contributed by atoms with Crippen molar-refractivity contribution in [1.29, 1.82) is 0 Å². The van der Waals surface area contributed by atoms with Gasteiger partial charge in [0.1, 0.15) is 11.5 Å². The number of halogens is 1. The summed E-state index contributed by atoms with van der Waals surface area (Å²) in [5.74, 6) is -0.422. The zero-order chi connectivity index (χ0) is 20.3. The Labute approximate surface area is 162 Å². The molecular weight excluding hydrogens is 387 g/mol. The van der Waals surface area contributed by atoms with Crippen LogP contribution in [0.3, 0.4) is 0 Å². The van der Waals surface area contributed by atoms with Crippen LogP contribution < -0.4 is 10.2 Å². The van der Waals surface area contributed by atoms with E-state index in [1.54, 1.807) is 18.2 Å². The minimum atomic E-state index is -3.80. The molecule has 0 saturated carbocycles. The maximum Gasteiger partial charge on any atom is 0.293 e. The predicted octanol–water partition coefficient (Wildman–Crippen LogP) is 0.865. The average Bonchev–Trinajstić information content (AvgIpc) is 2.67. The molecule has 0 bridgehead atoms. The van der Waals surface area contributed by atoms with Crippen LogP contribution in [0, 0.1) is 15.9 Å². The number of anilines is 1. The normalized spacial score (nSPS) is 16.1. The molecule has 8 nitrogen and oxygen atoms in total. The molecule has 1 aliphatic heterocycles. The summed E-state index contributed by atoms with van der Waals surface area (Å²) in [5.41, 5.74) is 0.126. The fourth-order valence-corrected chi connectivity index (χ4v) is 4.52. The molecule has 0 unspecified atom stereocenters. The highest BCUT2D eigenvalue weighted by Gasteiger charge is 2.31. The molecule has 0 aliphatic carbocycles. The third-order valence-electron chi connectivity index (χ3n) is 4.81. The van der Waals surface area contributed by atoms with Gasteiger partial charge in [-0.25, -0.2) is 12.8 Å². The molecule has 2 N–H and O–H groups in total. The van der Waals surface area contributed by atoms with Crippen LogP contribution in [0.25, 0.3) is 0 Å². The molecule has 150 valence electrons. The van der Waals surface area contributed by atoms with Gasteiger partial charge < -0.3 is 10.2 Å². The van der Waals surface area contributed by atoms with Gasteiger partial charge in [0.15, 0.2) is 0 Å². The lowest BCUT2D eigenvalue weighted by Gasteiger charge is -2.29. The van der Waals surface area contributed by atoms with Crippen molar-refractivity contribution in [2.24, 2.45) is 0 Å². The third kappa shape index (κ3) is 4.29. The number of nitro groups is 1. The van der Waals surface area contributed by atoms with Crippen molar-refractivity contribution in [2.45, 2.75) is 11.4 Å². The van der Waals surface area contributed by atoms with Crippen LogP contribution in [0.15, 0.2) is 47.4 Å². The van der Waals surface area contributed by atoms with Crippen LogP contribution in [-0.4, -0.2) is 50.9 Å². The standard InChI is InChI=1S/C18H21FN4O4S/c1-21-8-10-22(11-9-21)28(26,27)15-6-7-17(18(12-15)23(24)25)20-13-14-4-2-3-5-16(14)19/h2-7,12,20H,8-11,13H2,1H3/p+1. The van der Waals surface area contributed by atoms with Gasteiger partial charge in [-0.3, -0.25) is 10.1 Å². The monoisotopic (exact) mass is 409 g/mol. The number of nitrogens with one attached hydrogen (secondary N) is 2.